The second-order valence-corrected chi connectivity index (χ2v) is 4.80. The van der Waals surface area contributed by atoms with Crippen molar-refractivity contribution in [2.45, 2.75) is 25.9 Å². The van der Waals surface area contributed by atoms with E-state index in [1.54, 1.807) is 26.0 Å². The standard InChI is InChI=1S/C12H15N3O4/c1-12(2)10(17)15(11(18)14-12)7-9(16)13-6-8-4-3-5-19-8/h3-5H,6-7H2,1-2H3,(H,13,16)(H,14,18). The summed E-state index contributed by atoms with van der Waals surface area (Å²) >= 11 is 0. The molecular formula is C12H15N3O4. The van der Waals surface area contributed by atoms with E-state index in [4.69, 9.17) is 4.42 Å². The number of furan rings is 1. The summed E-state index contributed by atoms with van der Waals surface area (Å²) in [5.74, 6) is -0.228. The van der Waals surface area contributed by atoms with Gasteiger partial charge in [-0.2, -0.15) is 0 Å². The van der Waals surface area contributed by atoms with Crippen LogP contribution >= 0.6 is 0 Å². The van der Waals surface area contributed by atoms with Crippen molar-refractivity contribution in [1.29, 1.82) is 0 Å². The zero-order valence-electron chi connectivity index (χ0n) is 10.7. The SMILES string of the molecule is CC1(C)NC(=O)N(CC(=O)NCc2ccco2)C1=O. The number of hydrogen-bond donors (Lipinski definition) is 2. The molecule has 0 unspecified atom stereocenters. The second-order valence-electron chi connectivity index (χ2n) is 4.80. The molecular weight excluding hydrogens is 250 g/mol. The van der Waals surface area contributed by atoms with E-state index in [1.165, 1.54) is 6.26 Å². The number of carbonyl (C=O) groups excluding carboxylic acids is 3. The highest BCUT2D eigenvalue weighted by molar-refractivity contribution is 6.08. The first-order valence-corrected chi connectivity index (χ1v) is 5.83. The van der Waals surface area contributed by atoms with Gasteiger partial charge in [0.2, 0.25) is 5.91 Å². The quantitative estimate of drug-likeness (QED) is 0.762. The molecule has 1 aliphatic heterocycles. The molecule has 1 aromatic rings. The van der Waals surface area contributed by atoms with Crippen molar-refractivity contribution >= 4 is 17.8 Å². The summed E-state index contributed by atoms with van der Waals surface area (Å²) in [6, 6.07) is 2.88. The van der Waals surface area contributed by atoms with Gasteiger partial charge in [-0.15, -0.1) is 0 Å². The van der Waals surface area contributed by atoms with Crippen LogP contribution in [-0.4, -0.2) is 34.8 Å². The van der Waals surface area contributed by atoms with Crippen LogP contribution in [0.3, 0.4) is 0 Å². The van der Waals surface area contributed by atoms with Crippen molar-refractivity contribution in [1.82, 2.24) is 15.5 Å². The van der Waals surface area contributed by atoms with E-state index in [2.05, 4.69) is 10.6 Å². The van der Waals surface area contributed by atoms with Crippen molar-refractivity contribution < 1.29 is 18.8 Å². The first kappa shape index (κ1) is 13.1. The van der Waals surface area contributed by atoms with Crippen molar-refractivity contribution in [3.63, 3.8) is 0 Å². The van der Waals surface area contributed by atoms with E-state index >= 15 is 0 Å². The number of amides is 4. The smallest absolute Gasteiger partial charge is 0.325 e. The topological polar surface area (TPSA) is 91.7 Å². The van der Waals surface area contributed by atoms with Gasteiger partial charge in [-0.05, 0) is 26.0 Å². The largest absolute Gasteiger partial charge is 0.467 e. The van der Waals surface area contributed by atoms with Gasteiger partial charge in [0.1, 0.15) is 17.8 Å². The molecule has 0 aromatic carbocycles. The molecule has 0 radical (unpaired) electrons. The third-order valence-electron chi connectivity index (χ3n) is 2.79. The normalized spacial score (nSPS) is 17.5. The van der Waals surface area contributed by atoms with Gasteiger partial charge in [-0.3, -0.25) is 14.5 Å². The van der Waals surface area contributed by atoms with Gasteiger partial charge in [-0.1, -0.05) is 0 Å². The Kier molecular flexibility index (Phi) is 3.28. The van der Waals surface area contributed by atoms with Crippen LogP contribution in [0.4, 0.5) is 4.79 Å². The zero-order valence-corrected chi connectivity index (χ0v) is 10.7. The number of carbonyl (C=O) groups is 3. The van der Waals surface area contributed by atoms with Crippen molar-refractivity contribution in [3.8, 4) is 0 Å². The van der Waals surface area contributed by atoms with Gasteiger partial charge in [0.15, 0.2) is 0 Å². The van der Waals surface area contributed by atoms with Crippen LogP contribution in [-0.2, 0) is 16.1 Å². The van der Waals surface area contributed by atoms with Gasteiger partial charge < -0.3 is 15.1 Å². The molecule has 4 amide bonds. The first-order valence-electron chi connectivity index (χ1n) is 5.83. The highest BCUT2D eigenvalue weighted by Crippen LogP contribution is 2.15. The average molecular weight is 265 g/mol. The van der Waals surface area contributed by atoms with Crippen LogP contribution < -0.4 is 10.6 Å². The predicted octanol–water partition coefficient (Wildman–Crippen LogP) is 0.226. The van der Waals surface area contributed by atoms with Gasteiger partial charge >= 0.3 is 6.03 Å². The molecule has 1 aliphatic rings. The maximum atomic E-state index is 11.8. The average Bonchev–Trinajstić information content (AvgIpc) is 2.90. The number of urea groups is 1. The monoisotopic (exact) mass is 265 g/mol. The van der Waals surface area contributed by atoms with Crippen molar-refractivity contribution in [3.05, 3.63) is 24.2 Å². The van der Waals surface area contributed by atoms with Crippen LogP contribution in [0, 0.1) is 0 Å². The number of imide groups is 1. The van der Waals surface area contributed by atoms with Gasteiger partial charge in [0.25, 0.3) is 5.91 Å². The molecule has 7 nitrogen and oxygen atoms in total. The van der Waals surface area contributed by atoms with Crippen LogP contribution in [0.1, 0.15) is 19.6 Å². The van der Waals surface area contributed by atoms with Gasteiger partial charge in [0, 0.05) is 0 Å². The summed E-state index contributed by atoms with van der Waals surface area (Å²) in [6.07, 6.45) is 1.50. The number of hydrogen-bond acceptors (Lipinski definition) is 4. The Morgan fingerprint density at radius 3 is 2.74 bits per heavy atom. The third kappa shape index (κ3) is 2.75. The molecule has 0 aliphatic carbocycles. The van der Waals surface area contributed by atoms with E-state index in [-0.39, 0.29) is 13.1 Å². The van der Waals surface area contributed by atoms with E-state index in [1.807, 2.05) is 0 Å². The highest BCUT2D eigenvalue weighted by Gasteiger charge is 2.44. The second kappa shape index (κ2) is 4.75. The highest BCUT2D eigenvalue weighted by atomic mass is 16.3. The fourth-order valence-electron chi connectivity index (χ4n) is 1.76. The Hall–Kier alpha value is -2.31. The van der Waals surface area contributed by atoms with E-state index in [9.17, 15) is 14.4 Å². The Morgan fingerprint density at radius 2 is 2.21 bits per heavy atom. The number of nitrogens with zero attached hydrogens (tertiary/aromatic N) is 1. The molecule has 2 rings (SSSR count). The summed E-state index contributed by atoms with van der Waals surface area (Å²) in [5, 5.41) is 5.08. The molecule has 0 atom stereocenters. The lowest BCUT2D eigenvalue weighted by molar-refractivity contribution is -0.134. The van der Waals surface area contributed by atoms with Crippen LogP contribution in [0.5, 0.6) is 0 Å². The van der Waals surface area contributed by atoms with Crippen molar-refractivity contribution in [2.24, 2.45) is 0 Å². The molecule has 1 aromatic heterocycles. The Bertz CT molecular complexity index is 507. The Morgan fingerprint density at radius 1 is 1.47 bits per heavy atom. The molecule has 0 bridgehead atoms. The fraction of sp³-hybridized carbons (Fsp3) is 0.417. The Balaban J connectivity index is 1.89. The molecule has 2 heterocycles. The summed E-state index contributed by atoms with van der Waals surface area (Å²) in [5.41, 5.74) is -0.960. The maximum Gasteiger partial charge on any atom is 0.325 e. The van der Waals surface area contributed by atoms with Gasteiger partial charge in [0.05, 0.1) is 12.8 Å². The van der Waals surface area contributed by atoms with Crippen LogP contribution in [0.25, 0.3) is 0 Å². The minimum atomic E-state index is -0.960. The molecule has 2 N–H and O–H groups in total. The van der Waals surface area contributed by atoms with E-state index in [0.717, 1.165) is 4.90 Å². The lowest BCUT2D eigenvalue weighted by atomic mass is 10.1. The first-order chi connectivity index (χ1) is 8.90. The zero-order chi connectivity index (χ0) is 14.0. The minimum absolute atomic E-state index is 0.221. The molecule has 0 saturated carbocycles. The predicted molar refractivity (Wildman–Crippen MR) is 64.9 cm³/mol. The summed E-state index contributed by atoms with van der Waals surface area (Å²) in [7, 11) is 0. The molecule has 1 fully saturated rings. The Labute approximate surface area is 109 Å². The number of nitrogens with one attached hydrogen (secondary N) is 2. The minimum Gasteiger partial charge on any atom is -0.467 e. The molecule has 0 spiro atoms. The molecule has 1 saturated heterocycles. The number of rotatable bonds is 4. The molecule has 19 heavy (non-hydrogen) atoms. The lowest BCUT2D eigenvalue weighted by Crippen LogP contribution is -2.43. The third-order valence-corrected chi connectivity index (χ3v) is 2.79. The van der Waals surface area contributed by atoms with Crippen LogP contribution in [0.2, 0.25) is 0 Å². The maximum absolute atomic E-state index is 11.8. The summed E-state index contributed by atoms with van der Waals surface area (Å²) < 4.78 is 5.05. The molecule has 7 heteroatoms. The lowest BCUT2D eigenvalue weighted by Gasteiger charge is -2.15. The molecule has 102 valence electrons. The summed E-state index contributed by atoms with van der Waals surface area (Å²) in [4.78, 5) is 36.0. The fourth-order valence-corrected chi connectivity index (χ4v) is 1.76. The van der Waals surface area contributed by atoms with E-state index in [0.29, 0.717) is 5.76 Å². The summed E-state index contributed by atoms with van der Waals surface area (Å²) in [6.45, 7) is 3.11. The van der Waals surface area contributed by atoms with E-state index < -0.39 is 23.4 Å². The van der Waals surface area contributed by atoms with Crippen LogP contribution in [0.15, 0.2) is 22.8 Å². The van der Waals surface area contributed by atoms with Crippen molar-refractivity contribution in [2.75, 3.05) is 6.54 Å². The van der Waals surface area contributed by atoms with Gasteiger partial charge in [-0.25, -0.2) is 4.79 Å².